The van der Waals surface area contributed by atoms with Crippen LogP contribution in [0.3, 0.4) is 0 Å². The van der Waals surface area contributed by atoms with Gasteiger partial charge in [0.25, 0.3) is 0 Å². The Morgan fingerprint density at radius 1 is 1.35 bits per heavy atom. The van der Waals surface area contributed by atoms with Crippen molar-refractivity contribution in [1.29, 1.82) is 5.26 Å². The number of aliphatic hydroxyl groups is 1. The van der Waals surface area contributed by atoms with Crippen LogP contribution in [0.1, 0.15) is 24.8 Å². The Hall–Kier alpha value is -1.24. The standard InChI is InChI=1S/C13H17ClN2O/c1-16(7-3-2-4-8-17)12-6-5-11(10-15)13(14)9-12/h5-6,9,17H,2-4,7-8H2,1H3. The molecule has 0 radical (unpaired) electrons. The van der Waals surface area contributed by atoms with Gasteiger partial charge in [-0.1, -0.05) is 11.6 Å². The summed E-state index contributed by atoms with van der Waals surface area (Å²) >= 11 is 5.98. The van der Waals surface area contributed by atoms with E-state index in [1.54, 1.807) is 6.07 Å². The molecule has 0 saturated heterocycles. The van der Waals surface area contributed by atoms with E-state index in [0.717, 1.165) is 31.5 Å². The molecule has 17 heavy (non-hydrogen) atoms. The van der Waals surface area contributed by atoms with Gasteiger partial charge in [0.15, 0.2) is 0 Å². The van der Waals surface area contributed by atoms with Gasteiger partial charge in [-0.2, -0.15) is 5.26 Å². The minimum atomic E-state index is 0.256. The third-order valence-corrected chi connectivity index (χ3v) is 2.98. The molecule has 0 fully saturated rings. The molecule has 0 atom stereocenters. The van der Waals surface area contributed by atoms with Crippen LogP contribution in [0.5, 0.6) is 0 Å². The van der Waals surface area contributed by atoms with Crippen LogP contribution in [0.25, 0.3) is 0 Å². The molecule has 1 aromatic carbocycles. The highest BCUT2D eigenvalue weighted by Gasteiger charge is 2.04. The first-order chi connectivity index (χ1) is 8.19. The highest BCUT2D eigenvalue weighted by Crippen LogP contribution is 2.22. The lowest BCUT2D eigenvalue weighted by Crippen LogP contribution is -2.18. The van der Waals surface area contributed by atoms with Gasteiger partial charge in [0.05, 0.1) is 10.6 Å². The summed E-state index contributed by atoms with van der Waals surface area (Å²) in [6.45, 7) is 1.18. The number of halogens is 1. The van der Waals surface area contributed by atoms with E-state index in [4.69, 9.17) is 22.0 Å². The van der Waals surface area contributed by atoms with E-state index >= 15 is 0 Å². The van der Waals surface area contributed by atoms with Crippen molar-refractivity contribution in [2.24, 2.45) is 0 Å². The number of hydrogen-bond acceptors (Lipinski definition) is 3. The zero-order valence-electron chi connectivity index (χ0n) is 9.99. The zero-order chi connectivity index (χ0) is 12.7. The third kappa shape index (κ3) is 4.26. The normalized spacial score (nSPS) is 10.0. The Morgan fingerprint density at radius 2 is 2.12 bits per heavy atom. The zero-order valence-corrected chi connectivity index (χ0v) is 10.7. The number of rotatable bonds is 6. The maximum atomic E-state index is 8.78. The largest absolute Gasteiger partial charge is 0.396 e. The molecule has 0 heterocycles. The lowest BCUT2D eigenvalue weighted by Gasteiger charge is -2.19. The average Bonchev–Trinajstić information content (AvgIpc) is 2.34. The van der Waals surface area contributed by atoms with Crippen molar-refractivity contribution in [2.45, 2.75) is 19.3 Å². The first-order valence-electron chi connectivity index (χ1n) is 5.70. The predicted octanol–water partition coefficient (Wildman–Crippen LogP) is 2.81. The van der Waals surface area contributed by atoms with E-state index in [-0.39, 0.29) is 6.61 Å². The van der Waals surface area contributed by atoms with Crippen molar-refractivity contribution in [3.63, 3.8) is 0 Å². The van der Waals surface area contributed by atoms with Crippen LogP contribution in [0.2, 0.25) is 5.02 Å². The summed E-state index contributed by atoms with van der Waals surface area (Å²) in [6.07, 6.45) is 2.90. The van der Waals surface area contributed by atoms with Gasteiger partial charge < -0.3 is 10.0 Å². The third-order valence-electron chi connectivity index (χ3n) is 2.67. The fourth-order valence-electron chi connectivity index (χ4n) is 1.60. The van der Waals surface area contributed by atoms with Gasteiger partial charge in [-0.3, -0.25) is 0 Å². The monoisotopic (exact) mass is 252 g/mol. The molecule has 0 aliphatic heterocycles. The summed E-state index contributed by atoms with van der Waals surface area (Å²) in [5.74, 6) is 0. The topological polar surface area (TPSA) is 47.3 Å². The lowest BCUT2D eigenvalue weighted by atomic mass is 10.2. The van der Waals surface area contributed by atoms with Crippen LogP contribution in [-0.4, -0.2) is 25.3 Å². The van der Waals surface area contributed by atoms with Gasteiger partial charge in [0.2, 0.25) is 0 Å². The number of aliphatic hydroxyl groups excluding tert-OH is 1. The van der Waals surface area contributed by atoms with Gasteiger partial charge in [-0.25, -0.2) is 0 Å². The molecule has 0 bridgehead atoms. The summed E-state index contributed by atoms with van der Waals surface area (Å²) < 4.78 is 0. The molecular formula is C13H17ClN2O. The second-order valence-electron chi connectivity index (χ2n) is 3.98. The van der Waals surface area contributed by atoms with Crippen LogP contribution in [0, 0.1) is 11.3 Å². The molecule has 1 N–H and O–H groups in total. The molecule has 1 rings (SSSR count). The number of hydrogen-bond donors (Lipinski definition) is 1. The highest BCUT2D eigenvalue weighted by molar-refractivity contribution is 6.32. The van der Waals surface area contributed by atoms with Crippen LogP contribution in [-0.2, 0) is 0 Å². The van der Waals surface area contributed by atoms with Gasteiger partial charge in [0.1, 0.15) is 6.07 Å². The number of unbranched alkanes of at least 4 members (excludes halogenated alkanes) is 2. The minimum absolute atomic E-state index is 0.256. The number of nitriles is 1. The van der Waals surface area contributed by atoms with Crippen molar-refractivity contribution in [2.75, 3.05) is 25.1 Å². The summed E-state index contributed by atoms with van der Waals surface area (Å²) in [5, 5.41) is 18.0. The Kier molecular flexibility index (Phi) is 5.82. The van der Waals surface area contributed by atoms with Crippen LogP contribution >= 0.6 is 11.6 Å². The summed E-state index contributed by atoms with van der Waals surface area (Å²) in [7, 11) is 2.00. The van der Waals surface area contributed by atoms with E-state index in [0.29, 0.717) is 10.6 Å². The second kappa shape index (κ2) is 7.16. The first kappa shape index (κ1) is 13.8. The Morgan fingerprint density at radius 3 is 2.71 bits per heavy atom. The van der Waals surface area contributed by atoms with Gasteiger partial charge >= 0.3 is 0 Å². The second-order valence-corrected chi connectivity index (χ2v) is 4.39. The maximum Gasteiger partial charge on any atom is 0.101 e. The van der Waals surface area contributed by atoms with E-state index in [2.05, 4.69) is 4.90 Å². The number of benzene rings is 1. The molecule has 0 unspecified atom stereocenters. The minimum Gasteiger partial charge on any atom is -0.396 e. The summed E-state index contributed by atoms with van der Waals surface area (Å²) in [5.41, 5.74) is 1.52. The van der Waals surface area contributed by atoms with E-state index in [1.807, 2.05) is 25.2 Å². The van der Waals surface area contributed by atoms with Gasteiger partial charge in [-0.15, -0.1) is 0 Å². The molecule has 4 heteroatoms. The SMILES string of the molecule is CN(CCCCCO)c1ccc(C#N)c(Cl)c1. The quantitative estimate of drug-likeness (QED) is 0.792. The number of anilines is 1. The van der Waals surface area contributed by atoms with E-state index in [9.17, 15) is 0 Å². The first-order valence-corrected chi connectivity index (χ1v) is 6.08. The Bertz CT molecular complexity index is 401. The molecule has 0 aromatic heterocycles. The molecule has 0 aliphatic rings. The molecule has 1 aromatic rings. The lowest BCUT2D eigenvalue weighted by molar-refractivity contribution is 0.283. The molecule has 0 aliphatic carbocycles. The van der Waals surface area contributed by atoms with Crippen molar-refractivity contribution in [3.05, 3.63) is 28.8 Å². The molecular weight excluding hydrogens is 236 g/mol. The van der Waals surface area contributed by atoms with Crippen molar-refractivity contribution in [3.8, 4) is 6.07 Å². The molecule has 0 amide bonds. The molecule has 0 saturated carbocycles. The Balaban J connectivity index is 2.55. The molecule has 0 spiro atoms. The van der Waals surface area contributed by atoms with Crippen LogP contribution in [0.15, 0.2) is 18.2 Å². The fourth-order valence-corrected chi connectivity index (χ4v) is 1.82. The summed E-state index contributed by atoms with van der Waals surface area (Å²) in [6, 6.07) is 7.49. The van der Waals surface area contributed by atoms with Crippen molar-refractivity contribution < 1.29 is 5.11 Å². The molecule has 92 valence electrons. The van der Waals surface area contributed by atoms with E-state index < -0.39 is 0 Å². The predicted molar refractivity (Wildman–Crippen MR) is 70.4 cm³/mol. The van der Waals surface area contributed by atoms with Crippen LogP contribution in [0.4, 0.5) is 5.69 Å². The van der Waals surface area contributed by atoms with Crippen molar-refractivity contribution in [1.82, 2.24) is 0 Å². The summed E-state index contributed by atoms with van der Waals surface area (Å²) in [4.78, 5) is 2.10. The van der Waals surface area contributed by atoms with E-state index in [1.165, 1.54) is 0 Å². The van der Waals surface area contributed by atoms with Crippen LogP contribution < -0.4 is 4.90 Å². The smallest absolute Gasteiger partial charge is 0.101 e. The fraction of sp³-hybridized carbons (Fsp3) is 0.462. The highest BCUT2D eigenvalue weighted by atomic mass is 35.5. The maximum absolute atomic E-state index is 8.78. The Labute approximate surface area is 107 Å². The van der Waals surface area contributed by atoms with Gasteiger partial charge in [0, 0.05) is 25.9 Å². The molecule has 3 nitrogen and oxygen atoms in total. The average molecular weight is 253 g/mol. The van der Waals surface area contributed by atoms with Crippen molar-refractivity contribution >= 4 is 17.3 Å². The number of nitrogens with zero attached hydrogens (tertiary/aromatic N) is 2. The van der Waals surface area contributed by atoms with Gasteiger partial charge in [-0.05, 0) is 37.5 Å².